The third kappa shape index (κ3) is 3.22. The molecule has 100 valence electrons. The van der Waals surface area contributed by atoms with Gasteiger partial charge >= 0.3 is 0 Å². The van der Waals surface area contributed by atoms with Crippen molar-refractivity contribution >= 4 is 17.3 Å². The van der Waals surface area contributed by atoms with Gasteiger partial charge in [0, 0.05) is 11.3 Å². The fourth-order valence-electron chi connectivity index (χ4n) is 1.79. The van der Waals surface area contributed by atoms with Gasteiger partial charge in [0.05, 0.1) is 17.7 Å². The van der Waals surface area contributed by atoms with Gasteiger partial charge in [0.1, 0.15) is 11.6 Å². The molecule has 0 aliphatic heterocycles. The Bertz CT molecular complexity index is 577. The first-order chi connectivity index (χ1) is 9.11. The first-order valence-corrected chi connectivity index (χ1v) is 6.06. The molecular formula is C14H12ClF2NO. The number of rotatable bonds is 4. The number of anilines is 1. The van der Waals surface area contributed by atoms with Crippen molar-refractivity contribution in [1.82, 2.24) is 0 Å². The number of benzene rings is 2. The van der Waals surface area contributed by atoms with Crippen molar-refractivity contribution in [2.45, 2.75) is 6.04 Å². The molecule has 0 aromatic heterocycles. The molecule has 2 rings (SSSR count). The summed E-state index contributed by atoms with van der Waals surface area (Å²) in [5, 5.41) is 12.2. The van der Waals surface area contributed by atoms with Crippen molar-refractivity contribution < 1.29 is 13.9 Å². The molecule has 2 N–H and O–H groups in total. The van der Waals surface area contributed by atoms with Crippen LogP contribution in [0.25, 0.3) is 0 Å². The lowest BCUT2D eigenvalue weighted by atomic mass is 10.1. The molecule has 0 radical (unpaired) electrons. The van der Waals surface area contributed by atoms with Gasteiger partial charge < -0.3 is 10.4 Å². The second kappa shape index (κ2) is 5.99. The zero-order chi connectivity index (χ0) is 13.8. The van der Waals surface area contributed by atoms with Crippen LogP contribution >= 0.6 is 11.6 Å². The predicted octanol–water partition coefficient (Wildman–Crippen LogP) is 3.76. The molecule has 0 aliphatic rings. The minimum atomic E-state index is -0.694. The van der Waals surface area contributed by atoms with Gasteiger partial charge in [0.15, 0.2) is 0 Å². The molecule has 0 heterocycles. The largest absolute Gasteiger partial charge is 0.394 e. The van der Waals surface area contributed by atoms with Crippen molar-refractivity contribution in [3.05, 3.63) is 64.7 Å². The van der Waals surface area contributed by atoms with Crippen molar-refractivity contribution in [2.24, 2.45) is 0 Å². The summed E-state index contributed by atoms with van der Waals surface area (Å²) in [4.78, 5) is 0. The van der Waals surface area contributed by atoms with E-state index in [1.807, 2.05) is 0 Å². The summed E-state index contributed by atoms with van der Waals surface area (Å²) in [6.07, 6.45) is 0. The Labute approximate surface area is 114 Å². The van der Waals surface area contributed by atoms with E-state index in [4.69, 9.17) is 11.6 Å². The molecule has 2 aromatic rings. The first-order valence-electron chi connectivity index (χ1n) is 5.68. The van der Waals surface area contributed by atoms with Gasteiger partial charge in [-0.25, -0.2) is 8.78 Å². The maximum atomic E-state index is 13.9. The maximum Gasteiger partial charge on any atom is 0.147 e. The normalized spacial score (nSPS) is 12.2. The Hall–Kier alpha value is -1.65. The van der Waals surface area contributed by atoms with Gasteiger partial charge in [-0.1, -0.05) is 29.8 Å². The molecule has 0 spiro atoms. The fraction of sp³-hybridized carbons (Fsp3) is 0.143. The van der Waals surface area contributed by atoms with Crippen LogP contribution in [0.15, 0.2) is 42.5 Å². The van der Waals surface area contributed by atoms with Crippen molar-refractivity contribution in [1.29, 1.82) is 0 Å². The molecule has 0 aliphatic carbocycles. The van der Waals surface area contributed by atoms with Gasteiger partial charge in [0.2, 0.25) is 0 Å². The van der Waals surface area contributed by atoms with E-state index in [1.165, 1.54) is 30.3 Å². The van der Waals surface area contributed by atoms with Crippen molar-refractivity contribution in [3.63, 3.8) is 0 Å². The highest BCUT2D eigenvalue weighted by Crippen LogP contribution is 2.26. The summed E-state index contributed by atoms with van der Waals surface area (Å²) in [7, 11) is 0. The van der Waals surface area contributed by atoms with Gasteiger partial charge in [-0.15, -0.1) is 0 Å². The lowest BCUT2D eigenvalue weighted by Gasteiger charge is -2.19. The molecule has 0 saturated heterocycles. The van der Waals surface area contributed by atoms with E-state index in [2.05, 4.69) is 5.32 Å². The topological polar surface area (TPSA) is 32.3 Å². The molecule has 19 heavy (non-hydrogen) atoms. The molecule has 0 fully saturated rings. The van der Waals surface area contributed by atoms with Gasteiger partial charge in [0.25, 0.3) is 0 Å². The smallest absolute Gasteiger partial charge is 0.147 e. The molecule has 0 bridgehead atoms. The molecule has 5 heteroatoms. The van der Waals surface area contributed by atoms with E-state index in [-0.39, 0.29) is 17.2 Å². The minimum absolute atomic E-state index is 0.0167. The van der Waals surface area contributed by atoms with Crippen LogP contribution in [-0.2, 0) is 0 Å². The lowest BCUT2D eigenvalue weighted by Crippen LogP contribution is -2.16. The summed E-state index contributed by atoms with van der Waals surface area (Å²) in [5.74, 6) is -1.000. The molecule has 1 unspecified atom stereocenters. The van der Waals surface area contributed by atoms with Gasteiger partial charge in [-0.05, 0) is 24.3 Å². The van der Waals surface area contributed by atoms with Crippen molar-refractivity contribution in [3.8, 4) is 0 Å². The van der Waals surface area contributed by atoms with Crippen LogP contribution in [0.1, 0.15) is 11.6 Å². The van der Waals surface area contributed by atoms with Gasteiger partial charge in [-0.2, -0.15) is 0 Å². The standard InChI is InChI=1S/C14H12ClF2NO/c15-12-6-2-5-11(14(12)17)13(8-19)18-10-4-1-3-9(16)7-10/h1-7,13,18-19H,8H2. The number of nitrogens with one attached hydrogen (secondary N) is 1. The SMILES string of the molecule is OCC(Nc1cccc(F)c1)c1cccc(Cl)c1F. The maximum absolute atomic E-state index is 13.9. The quantitative estimate of drug-likeness (QED) is 0.895. The number of hydrogen-bond donors (Lipinski definition) is 2. The third-order valence-electron chi connectivity index (χ3n) is 2.70. The summed E-state index contributed by atoms with van der Waals surface area (Å²) in [6, 6.07) is 9.58. The molecular weight excluding hydrogens is 272 g/mol. The highest BCUT2D eigenvalue weighted by atomic mass is 35.5. The monoisotopic (exact) mass is 283 g/mol. The first kappa shape index (κ1) is 13.8. The lowest BCUT2D eigenvalue weighted by molar-refractivity contribution is 0.274. The average Bonchev–Trinajstić information content (AvgIpc) is 2.40. The molecule has 2 nitrogen and oxygen atoms in total. The van der Waals surface area contributed by atoms with Crippen molar-refractivity contribution in [2.75, 3.05) is 11.9 Å². The summed E-state index contributed by atoms with van der Waals surface area (Å²) in [5.41, 5.74) is 0.692. The Morgan fingerprint density at radius 3 is 2.58 bits per heavy atom. The van der Waals surface area contributed by atoms with Crippen LogP contribution in [0, 0.1) is 11.6 Å². The van der Waals surface area contributed by atoms with E-state index >= 15 is 0 Å². The number of hydrogen-bond acceptors (Lipinski definition) is 2. The van der Waals surface area contributed by atoms with Crippen LogP contribution in [0.4, 0.5) is 14.5 Å². The second-order valence-corrected chi connectivity index (χ2v) is 4.44. The Kier molecular flexibility index (Phi) is 4.35. The third-order valence-corrected chi connectivity index (χ3v) is 3.00. The Balaban J connectivity index is 2.28. The van der Waals surface area contributed by atoms with Crippen LogP contribution in [0.3, 0.4) is 0 Å². The number of aliphatic hydroxyl groups excluding tert-OH is 1. The summed E-state index contributed by atoms with van der Waals surface area (Å²) < 4.78 is 26.9. The molecule has 0 amide bonds. The predicted molar refractivity (Wildman–Crippen MR) is 71.3 cm³/mol. The Morgan fingerprint density at radius 2 is 1.89 bits per heavy atom. The molecule has 1 atom stereocenters. The van der Waals surface area contributed by atoms with E-state index in [0.717, 1.165) is 0 Å². The van der Waals surface area contributed by atoms with Gasteiger partial charge in [-0.3, -0.25) is 0 Å². The number of halogens is 3. The summed E-state index contributed by atoms with van der Waals surface area (Å²) in [6.45, 7) is -0.340. The fourth-order valence-corrected chi connectivity index (χ4v) is 1.97. The minimum Gasteiger partial charge on any atom is -0.394 e. The van der Waals surface area contributed by atoms with Crippen LogP contribution in [-0.4, -0.2) is 11.7 Å². The average molecular weight is 284 g/mol. The highest BCUT2D eigenvalue weighted by Gasteiger charge is 2.16. The molecule has 2 aromatic carbocycles. The summed E-state index contributed by atoms with van der Waals surface area (Å²) >= 11 is 5.70. The molecule has 0 saturated carbocycles. The number of aliphatic hydroxyl groups is 1. The van der Waals surface area contributed by atoms with E-state index < -0.39 is 17.7 Å². The zero-order valence-electron chi connectivity index (χ0n) is 9.91. The van der Waals surface area contributed by atoms with E-state index in [9.17, 15) is 13.9 Å². The van der Waals surface area contributed by atoms with Crippen LogP contribution in [0.5, 0.6) is 0 Å². The highest BCUT2D eigenvalue weighted by molar-refractivity contribution is 6.30. The Morgan fingerprint density at radius 1 is 1.16 bits per heavy atom. The van der Waals surface area contributed by atoms with E-state index in [0.29, 0.717) is 5.69 Å². The van der Waals surface area contributed by atoms with Crippen LogP contribution < -0.4 is 5.32 Å². The zero-order valence-corrected chi connectivity index (χ0v) is 10.7. The van der Waals surface area contributed by atoms with E-state index in [1.54, 1.807) is 12.1 Å². The van der Waals surface area contributed by atoms with Crippen LogP contribution in [0.2, 0.25) is 5.02 Å². The second-order valence-electron chi connectivity index (χ2n) is 4.03.